The Kier molecular flexibility index (Phi) is 4.85. The van der Waals surface area contributed by atoms with E-state index in [1.165, 1.54) is 25.3 Å². The Balaban J connectivity index is 2.37. The van der Waals surface area contributed by atoms with Crippen LogP contribution in [0, 0.1) is 15.9 Å². The SMILES string of the molecule is COc1ccc(S(=O)(=O)Nc2ccc(F)c([N+](=O)[O-])c2)cc1Br. The van der Waals surface area contributed by atoms with Crippen LogP contribution in [0.15, 0.2) is 45.8 Å². The minimum atomic E-state index is -4.00. The number of nitro groups is 1. The molecule has 0 saturated heterocycles. The fraction of sp³-hybridized carbons (Fsp3) is 0.0769. The first-order valence-corrected chi connectivity index (χ1v) is 8.32. The lowest BCUT2D eigenvalue weighted by molar-refractivity contribution is -0.387. The molecule has 0 radical (unpaired) electrons. The average molecular weight is 405 g/mol. The van der Waals surface area contributed by atoms with Gasteiger partial charge in [0.2, 0.25) is 5.82 Å². The topological polar surface area (TPSA) is 98.5 Å². The Labute approximate surface area is 139 Å². The first-order valence-electron chi connectivity index (χ1n) is 6.05. The van der Waals surface area contributed by atoms with E-state index in [-0.39, 0.29) is 10.6 Å². The van der Waals surface area contributed by atoms with Crippen LogP contribution in [-0.4, -0.2) is 20.5 Å². The zero-order valence-corrected chi connectivity index (χ0v) is 14.0. The molecular weight excluding hydrogens is 395 g/mol. The number of sulfonamides is 1. The first kappa shape index (κ1) is 17.2. The lowest BCUT2D eigenvalue weighted by Gasteiger charge is -2.10. The van der Waals surface area contributed by atoms with Gasteiger partial charge >= 0.3 is 5.69 Å². The third kappa shape index (κ3) is 3.77. The van der Waals surface area contributed by atoms with Gasteiger partial charge in [0.05, 0.1) is 27.1 Å². The van der Waals surface area contributed by atoms with E-state index in [0.29, 0.717) is 10.2 Å². The third-order valence-corrected chi connectivity index (χ3v) is 4.83. The monoisotopic (exact) mass is 404 g/mol. The summed E-state index contributed by atoms with van der Waals surface area (Å²) in [5, 5.41) is 10.7. The Morgan fingerprint density at radius 3 is 2.52 bits per heavy atom. The number of ether oxygens (including phenoxy) is 1. The van der Waals surface area contributed by atoms with Gasteiger partial charge in [0.1, 0.15) is 5.75 Å². The summed E-state index contributed by atoms with van der Waals surface area (Å²) in [4.78, 5) is 9.67. The minimum absolute atomic E-state index is 0.0860. The van der Waals surface area contributed by atoms with Gasteiger partial charge in [-0.3, -0.25) is 14.8 Å². The summed E-state index contributed by atoms with van der Waals surface area (Å²) >= 11 is 3.17. The number of hydrogen-bond acceptors (Lipinski definition) is 5. The standard InChI is InChI=1S/C13H10BrFN2O5S/c1-22-13-5-3-9(7-10(13)14)23(20,21)16-8-2-4-11(15)12(6-8)17(18)19/h2-7,16H,1H3. The van der Waals surface area contributed by atoms with Crippen molar-refractivity contribution in [2.24, 2.45) is 0 Å². The molecule has 0 aliphatic rings. The van der Waals surface area contributed by atoms with Crippen molar-refractivity contribution in [2.75, 3.05) is 11.8 Å². The molecule has 0 fully saturated rings. The van der Waals surface area contributed by atoms with Gasteiger partial charge in [-0.1, -0.05) is 0 Å². The van der Waals surface area contributed by atoms with Crippen LogP contribution in [0.1, 0.15) is 0 Å². The predicted octanol–water partition coefficient (Wildman–Crippen LogP) is 3.31. The summed E-state index contributed by atoms with van der Waals surface area (Å²) in [5.41, 5.74) is -0.939. The highest BCUT2D eigenvalue weighted by Crippen LogP contribution is 2.29. The maximum atomic E-state index is 13.3. The summed E-state index contributed by atoms with van der Waals surface area (Å²) in [7, 11) is -2.56. The average Bonchev–Trinajstić information content (AvgIpc) is 2.48. The number of rotatable bonds is 5. The van der Waals surface area contributed by atoms with Crippen molar-refractivity contribution < 1.29 is 22.5 Å². The molecule has 2 aromatic carbocycles. The van der Waals surface area contributed by atoms with Crippen LogP contribution in [-0.2, 0) is 10.0 Å². The molecule has 0 aliphatic carbocycles. The van der Waals surface area contributed by atoms with Gasteiger partial charge in [-0.05, 0) is 46.3 Å². The van der Waals surface area contributed by atoms with E-state index < -0.39 is 26.5 Å². The molecule has 2 aromatic rings. The highest BCUT2D eigenvalue weighted by atomic mass is 79.9. The van der Waals surface area contributed by atoms with Crippen LogP contribution >= 0.6 is 15.9 Å². The number of anilines is 1. The van der Waals surface area contributed by atoms with Crippen LogP contribution in [0.2, 0.25) is 0 Å². The Bertz CT molecular complexity index is 873. The molecule has 0 saturated carbocycles. The van der Waals surface area contributed by atoms with Crippen molar-refractivity contribution in [3.63, 3.8) is 0 Å². The second-order valence-corrected chi connectivity index (χ2v) is 6.86. The van der Waals surface area contributed by atoms with Crippen LogP contribution < -0.4 is 9.46 Å². The van der Waals surface area contributed by atoms with Gasteiger partial charge in [0, 0.05) is 6.07 Å². The molecule has 0 atom stereocenters. The summed E-state index contributed by atoms with van der Waals surface area (Å²) < 4.78 is 45.4. The molecule has 0 unspecified atom stereocenters. The number of nitrogens with zero attached hydrogens (tertiary/aromatic N) is 1. The number of methoxy groups -OCH3 is 1. The smallest absolute Gasteiger partial charge is 0.306 e. The number of halogens is 2. The Morgan fingerprint density at radius 2 is 1.96 bits per heavy atom. The van der Waals surface area contributed by atoms with Gasteiger partial charge in [-0.25, -0.2) is 8.42 Å². The van der Waals surface area contributed by atoms with Crippen molar-refractivity contribution in [2.45, 2.75) is 4.90 Å². The van der Waals surface area contributed by atoms with E-state index in [4.69, 9.17) is 4.74 Å². The fourth-order valence-corrected chi connectivity index (χ4v) is 3.51. The van der Waals surface area contributed by atoms with Gasteiger partial charge in [0.25, 0.3) is 10.0 Å². The normalized spacial score (nSPS) is 11.1. The molecule has 0 spiro atoms. The molecular formula is C13H10BrFN2O5S. The van der Waals surface area contributed by atoms with Crippen molar-refractivity contribution in [1.29, 1.82) is 0 Å². The molecule has 0 aliphatic heterocycles. The maximum absolute atomic E-state index is 13.3. The van der Waals surface area contributed by atoms with E-state index >= 15 is 0 Å². The minimum Gasteiger partial charge on any atom is -0.496 e. The van der Waals surface area contributed by atoms with Crippen molar-refractivity contribution in [3.05, 3.63) is 56.8 Å². The van der Waals surface area contributed by atoms with Gasteiger partial charge < -0.3 is 4.74 Å². The number of nitrogens with one attached hydrogen (secondary N) is 1. The highest BCUT2D eigenvalue weighted by Gasteiger charge is 2.19. The molecule has 0 bridgehead atoms. The summed E-state index contributed by atoms with van der Waals surface area (Å²) in [6.45, 7) is 0. The summed E-state index contributed by atoms with van der Waals surface area (Å²) in [6, 6.07) is 6.80. The Hall–Kier alpha value is -2.20. The van der Waals surface area contributed by atoms with E-state index in [1.54, 1.807) is 0 Å². The van der Waals surface area contributed by atoms with E-state index in [1.807, 2.05) is 0 Å². The lowest BCUT2D eigenvalue weighted by atomic mass is 10.3. The van der Waals surface area contributed by atoms with Crippen LogP contribution in [0.4, 0.5) is 15.8 Å². The molecule has 1 N–H and O–H groups in total. The Morgan fingerprint density at radius 1 is 1.26 bits per heavy atom. The second kappa shape index (κ2) is 6.50. The quantitative estimate of drug-likeness (QED) is 0.608. The predicted molar refractivity (Wildman–Crippen MR) is 84.6 cm³/mol. The highest BCUT2D eigenvalue weighted by molar-refractivity contribution is 9.10. The number of hydrogen-bond donors (Lipinski definition) is 1. The lowest BCUT2D eigenvalue weighted by Crippen LogP contribution is -2.13. The molecule has 23 heavy (non-hydrogen) atoms. The summed E-state index contributed by atoms with van der Waals surface area (Å²) in [6.07, 6.45) is 0. The van der Waals surface area contributed by atoms with E-state index in [9.17, 15) is 22.9 Å². The fourth-order valence-electron chi connectivity index (χ4n) is 1.74. The van der Waals surface area contributed by atoms with Crippen molar-refractivity contribution >= 4 is 37.3 Å². The van der Waals surface area contributed by atoms with Crippen LogP contribution in [0.5, 0.6) is 5.75 Å². The largest absolute Gasteiger partial charge is 0.496 e. The van der Waals surface area contributed by atoms with Crippen LogP contribution in [0.3, 0.4) is 0 Å². The molecule has 122 valence electrons. The second-order valence-electron chi connectivity index (χ2n) is 4.33. The molecule has 0 amide bonds. The first-order chi connectivity index (χ1) is 10.7. The van der Waals surface area contributed by atoms with Gasteiger partial charge in [0.15, 0.2) is 0 Å². The van der Waals surface area contributed by atoms with E-state index in [2.05, 4.69) is 20.7 Å². The molecule has 0 heterocycles. The van der Waals surface area contributed by atoms with E-state index in [0.717, 1.165) is 18.2 Å². The van der Waals surface area contributed by atoms with Crippen molar-refractivity contribution in [1.82, 2.24) is 0 Å². The molecule has 0 aromatic heterocycles. The van der Waals surface area contributed by atoms with Crippen molar-refractivity contribution in [3.8, 4) is 5.75 Å². The molecule has 7 nitrogen and oxygen atoms in total. The third-order valence-electron chi connectivity index (χ3n) is 2.83. The number of nitro benzene ring substituents is 1. The van der Waals surface area contributed by atoms with Gasteiger partial charge in [-0.15, -0.1) is 0 Å². The number of benzene rings is 2. The molecule has 2 rings (SSSR count). The molecule has 10 heteroatoms. The van der Waals surface area contributed by atoms with Gasteiger partial charge in [-0.2, -0.15) is 4.39 Å². The maximum Gasteiger partial charge on any atom is 0.306 e. The zero-order valence-electron chi connectivity index (χ0n) is 11.6. The summed E-state index contributed by atoms with van der Waals surface area (Å²) in [5.74, 6) is -0.605. The van der Waals surface area contributed by atoms with Crippen LogP contribution in [0.25, 0.3) is 0 Å². The zero-order chi connectivity index (χ0) is 17.2.